The van der Waals surface area contributed by atoms with Gasteiger partial charge >= 0.3 is 6.18 Å². The molecule has 29 heavy (non-hydrogen) atoms. The van der Waals surface area contributed by atoms with Crippen LogP contribution < -0.4 is 20.7 Å². The lowest BCUT2D eigenvalue weighted by Gasteiger charge is -2.19. The standard InChI is InChI=1S/C20H20F3N3O3/c1-26(2)17-9-6-14(20(21,22)23)11-16(17)25-19(28)10-5-13-3-7-15(8-4-13)29-12-18(24)27/h3-11H,12H2,1-2H3,(H2,24,27)(H,25,28). The molecule has 2 amide bonds. The van der Waals surface area contributed by atoms with Crippen molar-refractivity contribution in [2.75, 3.05) is 30.9 Å². The van der Waals surface area contributed by atoms with Gasteiger partial charge in [0.2, 0.25) is 5.91 Å². The van der Waals surface area contributed by atoms with Gasteiger partial charge in [-0.3, -0.25) is 9.59 Å². The number of hydrogen-bond acceptors (Lipinski definition) is 4. The Balaban J connectivity index is 2.11. The molecular formula is C20H20F3N3O3. The number of anilines is 2. The molecule has 0 aromatic heterocycles. The van der Waals surface area contributed by atoms with Crippen molar-refractivity contribution in [3.8, 4) is 5.75 Å². The zero-order chi connectivity index (χ0) is 21.6. The average molecular weight is 407 g/mol. The quantitative estimate of drug-likeness (QED) is 0.690. The van der Waals surface area contributed by atoms with Crippen LogP contribution in [0.4, 0.5) is 24.5 Å². The van der Waals surface area contributed by atoms with Crippen LogP contribution in [0.15, 0.2) is 48.5 Å². The molecule has 0 heterocycles. The number of benzene rings is 2. The van der Waals surface area contributed by atoms with Crippen LogP contribution in [0.5, 0.6) is 5.75 Å². The molecule has 0 aliphatic carbocycles. The summed E-state index contributed by atoms with van der Waals surface area (Å²) in [6.07, 6.45) is -1.81. The van der Waals surface area contributed by atoms with Crippen LogP contribution in [-0.2, 0) is 15.8 Å². The molecule has 0 aliphatic heterocycles. The maximum absolute atomic E-state index is 13.0. The molecule has 2 aromatic carbocycles. The summed E-state index contributed by atoms with van der Waals surface area (Å²) in [5.41, 5.74) is 5.29. The summed E-state index contributed by atoms with van der Waals surface area (Å²) in [6, 6.07) is 9.64. The van der Waals surface area contributed by atoms with Gasteiger partial charge in [0.25, 0.3) is 5.91 Å². The van der Waals surface area contributed by atoms with Crippen LogP contribution in [0, 0.1) is 0 Å². The molecular weight excluding hydrogens is 387 g/mol. The molecule has 2 rings (SSSR count). The Morgan fingerprint density at radius 1 is 1.14 bits per heavy atom. The van der Waals surface area contributed by atoms with Crippen molar-refractivity contribution in [2.45, 2.75) is 6.18 Å². The van der Waals surface area contributed by atoms with Crippen LogP contribution in [0.1, 0.15) is 11.1 Å². The van der Waals surface area contributed by atoms with Gasteiger partial charge in [-0.25, -0.2) is 0 Å². The molecule has 154 valence electrons. The van der Waals surface area contributed by atoms with E-state index in [0.717, 1.165) is 12.1 Å². The van der Waals surface area contributed by atoms with Crippen molar-refractivity contribution in [1.82, 2.24) is 0 Å². The van der Waals surface area contributed by atoms with E-state index in [-0.39, 0.29) is 12.3 Å². The lowest BCUT2D eigenvalue weighted by molar-refractivity contribution is -0.137. The molecule has 0 saturated heterocycles. The molecule has 0 aliphatic rings. The highest BCUT2D eigenvalue weighted by atomic mass is 19.4. The Morgan fingerprint density at radius 3 is 2.34 bits per heavy atom. The number of nitrogens with two attached hydrogens (primary N) is 1. The van der Waals surface area contributed by atoms with Crippen LogP contribution in [0.2, 0.25) is 0 Å². The maximum atomic E-state index is 13.0. The van der Waals surface area contributed by atoms with E-state index in [1.807, 2.05) is 0 Å². The second kappa shape index (κ2) is 9.13. The van der Waals surface area contributed by atoms with E-state index < -0.39 is 23.6 Å². The number of nitrogens with one attached hydrogen (secondary N) is 1. The first-order chi connectivity index (χ1) is 13.6. The van der Waals surface area contributed by atoms with Crippen LogP contribution in [0.25, 0.3) is 6.08 Å². The highest BCUT2D eigenvalue weighted by Gasteiger charge is 2.31. The molecule has 3 N–H and O–H groups in total. The summed E-state index contributed by atoms with van der Waals surface area (Å²) in [7, 11) is 3.33. The van der Waals surface area contributed by atoms with Gasteiger partial charge in [0.15, 0.2) is 6.61 Å². The fraction of sp³-hybridized carbons (Fsp3) is 0.200. The smallest absolute Gasteiger partial charge is 0.416 e. The molecule has 0 bridgehead atoms. The summed E-state index contributed by atoms with van der Waals surface area (Å²) >= 11 is 0. The summed E-state index contributed by atoms with van der Waals surface area (Å²) in [6.45, 7) is -0.247. The largest absolute Gasteiger partial charge is 0.484 e. The van der Waals surface area contributed by atoms with Crippen LogP contribution in [-0.4, -0.2) is 32.5 Å². The fourth-order valence-corrected chi connectivity index (χ4v) is 2.38. The number of nitrogens with zero attached hydrogens (tertiary/aromatic N) is 1. The number of amides is 2. The highest BCUT2D eigenvalue weighted by Crippen LogP contribution is 2.34. The number of ether oxygens (including phenoxy) is 1. The minimum atomic E-state index is -4.52. The van der Waals surface area contributed by atoms with E-state index in [4.69, 9.17) is 10.5 Å². The van der Waals surface area contributed by atoms with Gasteiger partial charge in [0.1, 0.15) is 5.75 Å². The lowest BCUT2D eigenvalue weighted by atomic mass is 10.1. The van der Waals surface area contributed by atoms with Gasteiger partial charge in [-0.2, -0.15) is 13.2 Å². The second-order valence-electron chi connectivity index (χ2n) is 6.27. The van der Waals surface area contributed by atoms with Crippen LogP contribution >= 0.6 is 0 Å². The molecule has 0 saturated carbocycles. The Hall–Kier alpha value is -3.49. The highest BCUT2D eigenvalue weighted by molar-refractivity contribution is 6.03. The first kappa shape index (κ1) is 21.8. The molecule has 0 unspecified atom stereocenters. The van der Waals surface area contributed by atoms with Crippen molar-refractivity contribution in [3.05, 3.63) is 59.7 Å². The van der Waals surface area contributed by atoms with Gasteiger partial charge in [0, 0.05) is 20.2 Å². The van der Waals surface area contributed by atoms with E-state index in [1.165, 1.54) is 18.2 Å². The molecule has 0 spiro atoms. The van der Waals surface area contributed by atoms with Crippen molar-refractivity contribution in [1.29, 1.82) is 0 Å². The molecule has 0 atom stereocenters. The van der Waals surface area contributed by atoms with Crippen molar-refractivity contribution >= 4 is 29.3 Å². The number of primary amides is 1. The van der Waals surface area contributed by atoms with E-state index >= 15 is 0 Å². The third-order valence-electron chi connectivity index (χ3n) is 3.75. The number of carbonyl (C=O) groups is 2. The Bertz CT molecular complexity index is 907. The predicted octanol–water partition coefficient (Wildman–Crippen LogP) is 3.29. The van der Waals surface area contributed by atoms with Gasteiger partial charge in [-0.1, -0.05) is 12.1 Å². The van der Waals surface area contributed by atoms with Crippen molar-refractivity contribution < 1.29 is 27.5 Å². The van der Waals surface area contributed by atoms with Crippen LogP contribution in [0.3, 0.4) is 0 Å². The number of carbonyl (C=O) groups excluding carboxylic acids is 2. The first-order valence-corrected chi connectivity index (χ1v) is 8.45. The zero-order valence-electron chi connectivity index (χ0n) is 15.8. The summed E-state index contributed by atoms with van der Waals surface area (Å²) in [5.74, 6) is -0.746. The second-order valence-corrected chi connectivity index (χ2v) is 6.27. The molecule has 9 heteroatoms. The fourth-order valence-electron chi connectivity index (χ4n) is 2.38. The summed E-state index contributed by atoms with van der Waals surface area (Å²) in [5, 5.41) is 2.48. The van der Waals surface area contributed by atoms with Crippen molar-refractivity contribution in [2.24, 2.45) is 5.73 Å². The van der Waals surface area contributed by atoms with E-state index in [0.29, 0.717) is 17.0 Å². The molecule has 2 aromatic rings. The first-order valence-electron chi connectivity index (χ1n) is 8.45. The predicted molar refractivity (Wildman–Crippen MR) is 105 cm³/mol. The van der Waals surface area contributed by atoms with Gasteiger partial charge < -0.3 is 20.7 Å². The minimum absolute atomic E-state index is 0.0506. The molecule has 0 radical (unpaired) electrons. The average Bonchev–Trinajstić information content (AvgIpc) is 2.64. The third-order valence-corrected chi connectivity index (χ3v) is 3.75. The van der Waals surface area contributed by atoms with Gasteiger partial charge in [-0.05, 0) is 42.0 Å². The zero-order valence-corrected chi connectivity index (χ0v) is 15.8. The lowest BCUT2D eigenvalue weighted by Crippen LogP contribution is -2.19. The van der Waals surface area contributed by atoms with E-state index in [1.54, 1.807) is 43.3 Å². The molecule has 0 fully saturated rings. The monoisotopic (exact) mass is 407 g/mol. The van der Waals surface area contributed by atoms with Gasteiger partial charge in [-0.15, -0.1) is 0 Å². The Morgan fingerprint density at radius 2 is 1.79 bits per heavy atom. The summed E-state index contributed by atoms with van der Waals surface area (Å²) in [4.78, 5) is 24.5. The Kier molecular flexibility index (Phi) is 6.87. The maximum Gasteiger partial charge on any atom is 0.416 e. The Labute approximate surface area is 165 Å². The topological polar surface area (TPSA) is 84.7 Å². The number of hydrogen-bond donors (Lipinski definition) is 2. The van der Waals surface area contributed by atoms with Crippen molar-refractivity contribution in [3.63, 3.8) is 0 Å². The summed E-state index contributed by atoms with van der Waals surface area (Å²) < 4.78 is 44.0. The normalized spacial score (nSPS) is 11.3. The van der Waals surface area contributed by atoms with Gasteiger partial charge in [0.05, 0.1) is 16.9 Å². The van der Waals surface area contributed by atoms with E-state index in [9.17, 15) is 22.8 Å². The number of rotatable bonds is 7. The number of alkyl halides is 3. The minimum Gasteiger partial charge on any atom is -0.484 e. The van der Waals surface area contributed by atoms with E-state index in [2.05, 4.69) is 5.32 Å². The third kappa shape index (κ3) is 6.56. The number of halogens is 3. The SMILES string of the molecule is CN(C)c1ccc(C(F)(F)F)cc1NC(=O)C=Cc1ccc(OCC(N)=O)cc1. The molecule has 6 nitrogen and oxygen atoms in total.